The molecule has 0 saturated carbocycles. The van der Waals surface area contributed by atoms with Crippen LogP contribution in [0.2, 0.25) is 5.02 Å². The Kier molecular flexibility index (Phi) is 2.76. The van der Waals surface area contributed by atoms with Crippen molar-refractivity contribution in [1.29, 1.82) is 0 Å². The molecule has 5 heteroatoms. The summed E-state index contributed by atoms with van der Waals surface area (Å²) in [5.41, 5.74) is 0. The minimum Gasteiger partial charge on any atom is -0.335 e. The minimum absolute atomic E-state index is 0.0245. The van der Waals surface area contributed by atoms with E-state index in [0.29, 0.717) is 15.9 Å². The quantitative estimate of drug-likeness (QED) is 0.834. The standard InChI is InChI=1S/C9H11ClN2OS/c1-12(6-4-11-5-6)9(13)8-7(10)2-3-14-8/h2-3,6,11H,4-5H2,1H3. The first-order valence-electron chi connectivity index (χ1n) is 4.41. The summed E-state index contributed by atoms with van der Waals surface area (Å²) < 4.78 is 0. The lowest BCUT2D eigenvalue weighted by atomic mass is 10.1. The van der Waals surface area contributed by atoms with E-state index in [1.165, 1.54) is 11.3 Å². The van der Waals surface area contributed by atoms with Gasteiger partial charge >= 0.3 is 0 Å². The maximum atomic E-state index is 11.9. The third-order valence-corrected chi connectivity index (χ3v) is 3.77. The zero-order valence-corrected chi connectivity index (χ0v) is 9.36. The van der Waals surface area contributed by atoms with E-state index in [1.807, 2.05) is 12.4 Å². The SMILES string of the molecule is CN(C(=O)c1sccc1Cl)C1CNC1. The van der Waals surface area contributed by atoms with Gasteiger partial charge in [-0.25, -0.2) is 0 Å². The number of thiophene rings is 1. The number of nitrogens with zero attached hydrogens (tertiary/aromatic N) is 1. The Hall–Kier alpha value is -0.580. The van der Waals surface area contributed by atoms with Crippen LogP contribution >= 0.6 is 22.9 Å². The van der Waals surface area contributed by atoms with Crippen LogP contribution in [0, 0.1) is 0 Å². The molecule has 1 aliphatic heterocycles. The molecule has 1 fully saturated rings. The van der Waals surface area contributed by atoms with E-state index in [2.05, 4.69) is 5.32 Å². The number of carbonyl (C=O) groups is 1. The lowest BCUT2D eigenvalue weighted by Crippen LogP contribution is -2.57. The largest absolute Gasteiger partial charge is 0.335 e. The first-order chi connectivity index (χ1) is 6.70. The third kappa shape index (κ3) is 1.65. The van der Waals surface area contributed by atoms with Gasteiger partial charge in [-0.2, -0.15) is 0 Å². The van der Waals surface area contributed by atoms with Gasteiger partial charge in [-0.3, -0.25) is 4.79 Å². The fraction of sp³-hybridized carbons (Fsp3) is 0.444. The molecule has 1 aliphatic rings. The highest BCUT2D eigenvalue weighted by molar-refractivity contribution is 7.12. The van der Waals surface area contributed by atoms with Crippen molar-refractivity contribution in [3.05, 3.63) is 21.3 Å². The first kappa shape index (κ1) is 9.96. The molecule has 0 bridgehead atoms. The number of halogens is 1. The predicted octanol–water partition coefficient (Wildman–Crippen LogP) is 1.45. The van der Waals surface area contributed by atoms with E-state index in [9.17, 15) is 4.79 Å². The third-order valence-electron chi connectivity index (χ3n) is 2.44. The topological polar surface area (TPSA) is 32.3 Å². The van der Waals surface area contributed by atoms with Crippen LogP contribution in [-0.2, 0) is 0 Å². The Morgan fingerprint density at radius 2 is 2.43 bits per heavy atom. The smallest absolute Gasteiger partial charge is 0.265 e. The molecule has 1 saturated heterocycles. The van der Waals surface area contributed by atoms with Gasteiger partial charge in [0.1, 0.15) is 4.88 Å². The monoisotopic (exact) mass is 230 g/mol. The van der Waals surface area contributed by atoms with E-state index in [0.717, 1.165) is 13.1 Å². The van der Waals surface area contributed by atoms with E-state index in [1.54, 1.807) is 11.0 Å². The molecule has 1 aromatic rings. The molecular weight excluding hydrogens is 220 g/mol. The molecule has 1 aromatic heterocycles. The van der Waals surface area contributed by atoms with Crippen molar-refractivity contribution < 1.29 is 4.79 Å². The lowest BCUT2D eigenvalue weighted by Gasteiger charge is -2.35. The average Bonchev–Trinajstić information content (AvgIpc) is 2.47. The molecule has 1 N–H and O–H groups in total. The molecule has 76 valence electrons. The van der Waals surface area contributed by atoms with Gasteiger partial charge in [0.05, 0.1) is 11.1 Å². The van der Waals surface area contributed by atoms with Crippen LogP contribution in [0.25, 0.3) is 0 Å². The number of rotatable bonds is 2. The van der Waals surface area contributed by atoms with Gasteiger partial charge in [-0.1, -0.05) is 11.6 Å². The molecule has 2 heterocycles. The Labute approximate surface area is 91.7 Å². The molecule has 0 atom stereocenters. The molecule has 0 spiro atoms. The average molecular weight is 231 g/mol. The van der Waals surface area contributed by atoms with Crippen LogP contribution in [0.1, 0.15) is 9.67 Å². The molecule has 0 aliphatic carbocycles. The maximum Gasteiger partial charge on any atom is 0.265 e. The molecule has 3 nitrogen and oxygen atoms in total. The van der Waals surface area contributed by atoms with E-state index in [4.69, 9.17) is 11.6 Å². The molecular formula is C9H11ClN2OS. The van der Waals surface area contributed by atoms with Crippen molar-refractivity contribution in [2.75, 3.05) is 20.1 Å². The highest BCUT2D eigenvalue weighted by Crippen LogP contribution is 2.24. The van der Waals surface area contributed by atoms with E-state index >= 15 is 0 Å². The summed E-state index contributed by atoms with van der Waals surface area (Å²) in [6.07, 6.45) is 0. The van der Waals surface area contributed by atoms with Crippen molar-refractivity contribution >= 4 is 28.8 Å². The summed E-state index contributed by atoms with van der Waals surface area (Å²) >= 11 is 7.29. The fourth-order valence-corrected chi connectivity index (χ4v) is 2.44. The predicted molar refractivity (Wildman–Crippen MR) is 58.1 cm³/mol. The number of carbonyl (C=O) groups excluding carboxylic acids is 1. The zero-order chi connectivity index (χ0) is 10.1. The normalized spacial score (nSPS) is 16.4. The second-order valence-corrected chi connectivity index (χ2v) is 4.65. The van der Waals surface area contributed by atoms with Gasteiger partial charge in [0.15, 0.2) is 0 Å². The van der Waals surface area contributed by atoms with Crippen molar-refractivity contribution in [3.8, 4) is 0 Å². The summed E-state index contributed by atoms with van der Waals surface area (Å²) in [5.74, 6) is 0.0245. The van der Waals surface area contributed by atoms with E-state index < -0.39 is 0 Å². The fourth-order valence-electron chi connectivity index (χ4n) is 1.32. The summed E-state index contributed by atoms with van der Waals surface area (Å²) in [5, 5.41) is 5.52. The van der Waals surface area contributed by atoms with E-state index in [-0.39, 0.29) is 5.91 Å². The van der Waals surface area contributed by atoms with Crippen molar-refractivity contribution in [1.82, 2.24) is 10.2 Å². The van der Waals surface area contributed by atoms with Gasteiger partial charge in [0.25, 0.3) is 5.91 Å². The van der Waals surface area contributed by atoms with Crippen LogP contribution in [0.15, 0.2) is 11.4 Å². The van der Waals surface area contributed by atoms with Gasteiger partial charge in [-0.05, 0) is 11.4 Å². The van der Waals surface area contributed by atoms with Crippen LogP contribution < -0.4 is 5.32 Å². The van der Waals surface area contributed by atoms with Crippen molar-refractivity contribution in [2.45, 2.75) is 6.04 Å². The number of hydrogen-bond acceptors (Lipinski definition) is 3. The highest BCUT2D eigenvalue weighted by atomic mass is 35.5. The molecule has 0 aromatic carbocycles. The van der Waals surface area contributed by atoms with Crippen molar-refractivity contribution in [2.24, 2.45) is 0 Å². The second-order valence-electron chi connectivity index (χ2n) is 3.33. The van der Waals surface area contributed by atoms with Crippen LogP contribution in [-0.4, -0.2) is 37.0 Å². The van der Waals surface area contributed by atoms with Gasteiger partial charge < -0.3 is 10.2 Å². The highest BCUT2D eigenvalue weighted by Gasteiger charge is 2.27. The molecule has 1 amide bonds. The summed E-state index contributed by atoms with van der Waals surface area (Å²) in [4.78, 5) is 14.3. The Balaban J connectivity index is 2.11. The summed E-state index contributed by atoms with van der Waals surface area (Å²) in [6.45, 7) is 1.76. The zero-order valence-electron chi connectivity index (χ0n) is 7.79. The number of likely N-dealkylation sites (N-methyl/N-ethyl adjacent to an activating group) is 1. The number of hydrogen-bond donors (Lipinski definition) is 1. The lowest BCUT2D eigenvalue weighted by molar-refractivity contribution is 0.0686. The van der Waals surface area contributed by atoms with Crippen LogP contribution in [0.4, 0.5) is 0 Å². The Morgan fingerprint density at radius 1 is 1.71 bits per heavy atom. The molecule has 14 heavy (non-hydrogen) atoms. The molecule has 0 radical (unpaired) electrons. The molecule has 2 rings (SSSR count). The first-order valence-corrected chi connectivity index (χ1v) is 5.67. The number of nitrogens with one attached hydrogen (secondary N) is 1. The van der Waals surface area contributed by atoms with Crippen molar-refractivity contribution in [3.63, 3.8) is 0 Å². The summed E-state index contributed by atoms with van der Waals surface area (Å²) in [6, 6.07) is 2.08. The minimum atomic E-state index is 0.0245. The maximum absolute atomic E-state index is 11.9. The summed E-state index contributed by atoms with van der Waals surface area (Å²) in [7, 11) is 1.82. The van der Waals surface area contributed by atoms with Crippen LogP contribution in [0.3, 0.4) is 0 Å². The van der Waals surface area contributed by atoms with Gasteiger partial charge in [-0.15, -0.1) is 11.3 Å². The Bertz CT molecular complexity index is 348. The van der Waals surface area contributed by atoms with Gasteiger partial charge in [0.2, 0.25) is 0 Å². The van der Waals surface area contributed by atoms with Crippen LogP contribution in [0.5, 0.6) is 0 Å². The second kappa shape index (κ2) is 3.88. The number of amides is 1. The Morgan fingerprint density at radius 3 is 2.86 bits per heavy atom. The van der Waals surface area contributed by atoms with Gasteiger partial charge in [0, 0.05) is 20.1 Å². The molecule has 0 unspecified atom stereocenters.